The molecule has 3 aromatic rings. The van der Waals surface area contributed by atoms with Crippen molar-refractivity contribution < 1.29 is 19.4 Å². The van der Waals surface area contributed by atoms with Crippen LogP contribution in [0.25, 0.3) is 5.76 Å². The molecular formula is C25H21BrN2O4. The maximum Gasteiger partial charge on any atom is 0.300 e. The number of pyridine rings is 1. The monoisotopic (exact) mass is 492 g/mol. The number of methoxy groups -OCH3 is 1. The molecule has 1 aliphatic heterocycles. The molecular weight excluding hydrogens is 472 g/mol. The molecule has 0 saturated carbocycles. The van der Waals surface area contributed by atoms with Crippen LogP contribution in [0.1, 0.15) is 28.3 Å². The molecule has 7 heteroatoms. The second kappa shape index (κ2) is 8.59. The topological polar surface area (TPSA) is 79.7 Å². The van der Waals surface area contributed by atoms with Gasteiger partial charge in [-0.3, -0.25) is 19.5 Å². The van der Waals surface area contributed by atoms with Crippen LogP contribution in [0.4, 0.5) is 5.69 Å². The number of aliphatic hydroxyl groups excluding tert-OH is 1. The first kappa shape index (κ1) is 21.8. The molecule has 0 spiro atoms. The number of carbonyl (C=O) groups is 2. The van der Waals surface area contributed by atoms with Crippen molar-refractivity contribution in [3.63, 3.8) is 0 Å². The number of ether oxygens (including phenoxy) is 1. The average Bonchev–Trinajstić information content (AvgIpc) is 3.04. The van der Waals surface area contributed by atoms with Crippen molar-refractivity contribution in [3.8, 4) is 5.75 Å². The number of aromatic nitrogens is 1. The Morgan fingerprint density at radius 3 is 2.41 bits per heavy atom. The number of hydrogen-bond acceptors (Lipinski definition) is 5. The maximum absolute atomic E-state index is 13.2. The zero-order valence-electron chi connectivity index (χ0n) is 17.8. The zero-order chi connectivity index (χ0) is 23.0. The van der Waals surface area contributed by atoms with Gasteiger partial charge in [-0.05, 0) is 82.9 Å². The maximum atomic E-state index is 13.2. The van der Waals surface area contributed by atoms with E-state index in [1.54, 1.807) is 42.7 Å². The molecule has 6 nitrogen and oxygen atoms in total. The molecule has 162 valence electrons. The number of hydrogen-bond donors (Lipinski definition) is 1. The molecule has 2 heterocycles. The summed E-state index contributed by atoms with van der Waals surface area (Å²) in [4.78, 5) is 32.0. The van der Waals surface area contributed by atoms with Crippen molar-refractivity contribution >= 4 is 39.1 Å². The highest BCUT2D eigenvalue weighted by molar-refractivity contribution is 9.10. The van der Waals surface area contributed by atoms with Gasteiger partial charge in [0.15, 0.2) is 0 Å². The number of anilines is 1. The summed E-state index contributed by atoms with van der Waals surface area (Å²) in [5, 5.41) is 11.2. The van der Waals surface area contributed by atoms with Gasteiger partial charge in [0.1, 0.15) is 11.5 Å². The lowest BCUT2D eigenvalue weighted by Gasteiger charge is -2.26. The largest absolute Gasteiger partial charge is 0.507 e. The number of aryl methyl sites for hydroxylation is 2. The molecule has 1 amide bonds. The third-order valence-corrected chi connectivity index (χ3v) is 5.97. The van der Waals surface area contributed by atoms with Crippen molar-refractivity contribution in [2.75, 3.05) is 12.0 Å². The molecule has 1 N–H and O–H groups in total. The first-order valence-electron chi connectivity index (χ1n) is 9.95. The Bertz CT molecular complexity index is 1230. The van der Waals surface area contributed by atoms with E-state index in [1.807, 2.05) is 32.0 Å². The van der Waals surface area contributed by atoms with Crippen LogP contribution in [-0.2, 0) is 9.59 Å². The van der Waals surface area contributed by atoms with Crippen LogP contribution in [0.3, 0.4) is 0 Å². The van der Waals surface area contributed by atoms with E-state index >= 15 is 0 Å². The van der Waals surface area contributed by atoms with Gasteiger partial charge in [0, 0.05) is 23.6 Å². The zero-order valence-corrected chi connectivity index (χ0v) is 19.4. The predicted molar refractivity (Wildman–Crippen MR) is 126 cm³/mol. The third kappa shape index (κ3) is 3.80. The Morgan fingerprint density at radius 1 is 1.09 bits per heavy atom. The Hall–Kier alpha value is -3.45. The Morgan fingerprint density at radius 2 is 1.81 bits per heavy atom. The number of ketones is 1. The van der Waals surface area contributed by atoms with Crippen molar-refractivity contribution in [2.45, 2.75) is 19.9 Å². The first-order valence-corrected chi connectivity index (χ1v) is 10.7. The van der Waals surface area contributed by atoms with Gasteiger partial charge in [-0.2, -0.15) is 0 Å². The van der Waals surface area contributed by atoms with Gasteiger partial charge in [-0.15, -0.1) is 0 Å². The van der Waals surface area contributed by atoms with Crippen molar-refractivity contribution in [3.05, 3.63) is 93.2 Å². The van der Waals surface area contributed by atoms with Crippen molar-refractivity contribution in [1.82, 2.24) is 4.98 Å². The second-order valence-corrected chi connectivity index (χ2v) is 8.51. The normalized spacial score (nSPS) is 17.6. The number of carbonyl (C=O) groups excluding carboxylic acids is 2. The lowest BCUT2D eigenvalue weighted by atomic mass is 9.96. The van der Waals surface area contributed by atoms with Gasteiger partial charge in [-0.25, -0.2) is 0 Å². The fraction of sp³-hybridized carbons (Fsp3) is 0.160. The van der Waals surface area contributed by atoms with E-state index in [1.165, 1.54) is 12.0 Å². The van der Waals surface area contributed by atoms with Gasteiger partial charge in [0.05, 0.1) is 23.2 Å². The van der Waals surface area contributed by atoms with Gasteiger partial charge in [-0.1, -0.05) is 12.1 Å². The van der Waals surface area contributed by atoms with Crippen LogP contribution in [0.15, 0.2) is 71.0 Å². The predicted octanol–water partition coefficient (Wildman–Crippen LogP) is 5.10. The van der Waals surface area contributed by atoms with Crippen LogP contribution in [0.5, 0.6) is 5.75 Å². The molecule has 2 aromatic carbocycles. The molecule has 1 unspecified atom stereocenters. The summed E-state index contributed by atoms with van der Waals surface area (Å²) in [5.74, 6) is -1.12. The van der Waals surface area contributed by atoms with Crippen molar-refractivity contribution in [1.29, 1.82) is 0 Å². The first-order chi connectivity index (χ1) is 15.3. The third-order valence-electron chi connectivity index (χ3n) is 5.35. The standard InChI is InChI=1S/C25H21BrN2O4/c1-14-9-15(2)11-18(10-14)28-22(17-5-4-8-27-13-17)21(24(30)25(28)31)23(29)16-6-7-20(32-3)19(26)12-16/h4-13,22,29H,1-3H3/b23-21-. The number of Topliss-reactive ketones (excluding diaryl/α,β-unsaturated/α-hetero) is 1. The fourth-order valence-corrected chi connectivity index (χ4v) is 4.55. The number of halogens is 1. The number of nitrogens with zero attached hydrogens (tertiary/aromatic N) is 2. The summed E-state index contributed by atoms with van der Waals surface area (Å²) >= 11 is 3.40. The quantitative estimate of drug-likeness (QED) is 0.311. The molecule has 1 saturated heterocycles. The highest BCUT2D eigenvalue weighted by atomic mass is 79.9. The van der Waals surface area contributed by atoms with Crippen molar-refractivity contribution in [2.24, 2.45) is 0 Å². The van der Waals surface area contributed by atoms with Crippen LogP contribution in [0.2, 0.25) is 0 Å². The van der Waals surface area contributed by atoms with Crippen LogP contribution < -0.4 is 9.64 Å². The summed E-state index contributed by atoms with van der Waals surface area (Å²) < 4.78 is 5.87. The highest BCUT2D eigenvalue weighted by Gasteiger charge is 2.47. The van der Waals surface area contributed by atoms with Gasteiger partial charge in [0.25, 0.3) is 11.7 Å². The molecule has 1 fully saturated rings. The van der Waals surface area contributed by atoms with Crippen LogP contribution in [-0.4, -0.2) is 28.9 Å². The lowest BCUT2D eigenvalue weighted by molar-refractivity contribution is -0.132. The summed E-state index contributed by atoms with van der Waals surface area (Å²) in [6.45, 7) is 3.86. The van der Waals surface area contributed by atoms with E-state index in [4.69, 9.17) is 4.74 Å². The molecule has 1 aliphatic rings. The summed E-state index contributed by atoms with van der Waals surface area (Å²) in [5.41, 5.74) is 3.55. The molecule has 0 aliphatic carbocycles. The molecule has 1 atom stereocenters. The lowest BCUT2D eigenvalue weighted by Crippen LogP contribution is -2.29. The van der Waals surface area contributed by atoms with E-state index in [0.29, 0.717) is 27.0 Å². The Labute approximate surface area is 194 Å². The van der Waals surface area contributed by atoms with Gasteiger partial charge in [0.2, 0.25) is 0 Å². The van der Waals surface area contributed by atoms with E-state index < -0.39 is 17.7 Å². The summed E-state index contributed by atoms with van der Waals surface area (Å²) in [6, 6.07) is 13.4. The fourth-order valence-electron chi connectivity index (χ4n) is 4.01. The second-order valence-electron chi connectivity index (χ2n) is 7.65. The number of aliphatic hydroxyl groups is 1. The van der Waals surface area contributed by atoms with E-state index in [2.05, 4.69) is 20.9 Å². The molecule has 4 rings (SSSR count). The Kier molecular flexibility index (Phi) is 5.84. The van der Waals surface area contributed by atoms with E-state index in [0.717, 1.165) is 11.1 Å². The average molecular weight is 493 g/mol. The number of benzene rings is 2. The smallest absolute Gasteiger partial charge is 0.300 e. The molecule has 0 radical (unpaired) electrons. The summed E-state index contributed by atoms with van der Waals surface area (Å²) in [6.07, 6.45) is 3.22. The van der Waals surface area contributed by atoms with Crippen LogP contribution in [0, 0.1) is 13.8 Å². The minimum Gasteiger partial charge on any atom is -0.507 e. The highest BCUT2D eigenvalue weighted by Crippen LogP contribution is 2.42. The van der Waals surface area contributed by atoms with E-state index in [9.17, 15) is 14.7 Å². The number of rotatable bonds is 4. The minimum atomic E-state index is -0.814. The van der Waals surface area contributed by atoms with Gasteiger partial charge < -0.3 is 9.84 Å². The van der Waals surface area contributed by atoms with Crippen LogP contribution >= 0.6 is 15.9 Å². The molecule has 1 aromatic heterocycles. The SMILES string of the molecule is COc1ccc(/C(O)=C2/C(=O)C(=O)N(c3cc(C)cc(C)c3)C2c2cccnc2)cc1Br. The Balaban J connectivity index is 1.95. The number of amides is 1. The van der Waals surface area contributed by atoms with E-state index in [-0.39, 0.29) is 11.3 Å². The molecule has 32 heavy (non-hydrogen) atoms. The summed E-state index contributed by atoms with van der Waals surface area (Å²) in [7, 11) is 1.54. The molecule has 0 bridgehead atoms. The minimum absolute atomic E-state index is 0.0132. The van der Waals surface area contributed by atoms with Gasteiger partial charge >= 0.3 is 0 Å².